The minimum atomic E-state index is -1.19. The van der Waals surface area contributed by atoms with Crippen molar-refractivity contribution in [2.45, 2.75) is 60.5 Å². The Morgan fingerprint density at radius 1 is 1.10 bits per heavy atom. The molecule has 0 aliphatic rings. The lowest BCUT2D eigenvalue weighted by Crippen LogP contribution is -2.51. The van der Waals surface area contributed by atoms with Gasteiger partial charge in [0, 0.05) is 17.9 Å². The van der Waals surface area contributed by atoms with E-state index in [1.54, 1.807) is 32.3 Å². The van der Waals surface area contributed by atoms with Crippen LogP contribution < -0.4 is 10.6 Å². The molecular formula is C23H28FN3O4. The number of hydrogen-bond acceptors (Lipinski definition) is 4. The Morgan fingerprint density at radius 3 is 2.23 bits per heavy atom. The van der Waals surface area contributed by atoms with Crippen LogP contribution in [0.2, 0.25) is 0 Å². The van der Waals surface area contributed by atoms with E-state index in [1.807, 2.05) is 0 Å². The highest BCUT2D eigenvalue weighted by molar-refractivity contribution is 6.43. The van der Waals surface area contributed by atoms with E-state index < -0.39 is 23.1 Å². The lowest BCUT2D eigenvalue weighted by atomic mass is 9.99. The first kappa shape index (κ1) is 24.0. The molecule has 1 aromatic carbocycles. The number of nitrogens with zero attached hydrogens (tertiary/aromatic N) is 1. The molecule has 0 atom stereocenters. The Labute approximate surface area is 181 Å². The molecule has 0 bridgehead atoms. The fourth-order valence-electron chi connectivity index (χ4n) is 3.37. The first-order valence-electron chi connectivity index (χ1n) is 9.96. The zero-order valence-corrected chi connectivity index (χ0v) is 18.9. The third-order valence-corrected chi connectivity index (χ3v) is 5.45. The zero-order chi connectivity index (χ0) is 23.7. The van der Waals surface area contributed by atoms with Gasteiger partial charge in [0.15, 0.2) is 5.78 Å². The Bertz CT molecular complexity index is 1080. The lowest BCUT2D eigenvalue weighted by molar-refractivity contribution is -0.127. The quantitative estimate of drug-likeness (QED) is 0.520. The number of rotatable bonds is 7. The van der Waals surface area contributed by atoms with E-state index in [1.165, 1.54) is 39.0 Å². The number of carbonyl (C=O) groups excluding carboxylic acids is 4. The average Bonchev–Trinajstić information content (AvgIpc) is 2.93. The molecule has 0 radical (unpaired) electrons. The summed E-state index contributed by atoms with van der Waals surface area (Å²) in [5, 5.41) is 5.17. The molecule has 1 heterocycles. The van der Waals surface area contributed by atoms with Crippen LogP contribution in [0.1, 0.15) is 65.4 Å². The van der Waals surface area contributed by atoms with Crippen molar-refractivity contribution in [2.75, 3.05) is 5.32 Å². The van der Waals surface area contributed by atoms with Crippen LogP contribution in [0.5, 0.6) is 0 Å². The second-order valence-corrected chi connectivity index (χ2v) is 8.06. The van der Waals surface area contributed by atoms with Crippen LogP contribution in [0.25, 0.3) is 0 Å². The second-order valence-electron chi connectivity index (χ2n) is 8.06. The third-order valence-electron chi connectivity index (χ3n) is 5.45. The van der Waals surface area contributed by atoms with Gasteiger partial charge in [-0.3, -0.25) is 19.2 Å². The summed E-state index contributed by atoms with van der Waals surface area (Å²) in [6.07, 6.45) is 0. The van der Waals surface area contributed by atoms with Crippen LogP contribution in [0, 0.1) is 26.6 Å². The van der Waals surface area contributed by atoms with Crippen molar-refractivity contribution in [1.29, 1.82) is 0 Å². The molecule has 8 heteroatoms. The van der Waals surface area contributed by atoms with Crippen molar-refractivity contribution in [2.24, 2.45) is 0 Å². The number of Topliss-reactive ketones (excluding diaryl/α,β-unsaturated/α-hetero) is 2. The van der Waals surface area contributed by atoms with Gasteiger partial charge in [0.05, 0.1) is 16.8 Å². The van der Waals surface area contributed by atoms with Crippen molar-refractivity contribution in [3.05, 3.63) is 52.1 Å². The van der Waals surface area contributed by atoms with Gasteiger partial charge in [-0.25, -0.2) is 4.39 Å². The standard InChI is InChI=1S/C23H28FN3O4/c1-8-27-14(4)18(21(30)25-16-9-10-17(24)12(2)11-16)13(3)19(27)20(29)22(31)26-23(6,7)15(5)28/h9-11H,8H2,1-7H3,(H,25,30)(H,26,31). The molecule has 2 aromatic rings. The first-order valence-corrected chi connectivity index (χ1v) is 9.96. The summed E-state index contributed by atoms with van der Waals surface area (Å²) in [6, 6.07) is 4.22. The smallest absolute Gasteiger partial charge is 0.294 e. The van der Waals surface area contributed by atoms with Crippen LogP contribution in [-0.4, -0.2) is 33.5 Å². The van der Waals surface area contributed by atoms with Gasteiger partial charge in [-0.2, -0.15) is 0 Å². The van der Waals surface area contributed by atoms with E-state index in [2.05, 4.69) is 10.6 Å². The van der Waals surface area contributed by atoms with Crippen molar-refractivity contribution in [1.82, 2.24) is 9.88 Å². The van der Waals surface area contributed by atoms with Crippen molar-refractivity contribution >= 4 is 29.1 Å². The molecule has 0 spiro atoms. The van der Waals surface area contributed by atoms with Crippen LogP contribution >= 0.6 is 0 Å². The number of benzene rings is 1. The largest absolute Gasteiger partial charge is 0.341 e. The summed E-state index contributed by atoms with van der Waals surface area (Å²) >= 11 is 0. The number of halogens is 1. The Kier molecular flexibility index (Phi) is 6.83. The minimum Gasteiger partial charge on any atom is -0.341 e. The molecule has 0 aliphatic carbocycles. The number of ketones is 2. The van der Waals surface area contributed by atoms with E-state index in [9.17, 15) is 23.6 Å². The van der Waals surface area contributed by atoms with Gasteiger partial charge in [-0.05, 0) is 77.8 Å². The van der Waals surface area contributed by atoms with E-state index in [4.69, 9.17) is 0 Å². The highest BCUT2D eigenvalue weighted by Crippen LogP contribution is 2.25. The molecule has 166 valence electrons. The number of aromatic nitrogens is 1. The topological polar surface area (TPSA) is 97.3 Å². The van der Waals surface area contributed by atoms with Gasteiger partial charge < -0.3 is 15.2 Å². The Morgan fingerprint density at radius 2 is 1.71 bits per heavy atom. The molecule has 2 N–H and O–H groups in total. The van der Waals surface area contributed by atoms with Crippen molar-refractivity contribution in [3.8, 4) is 0 Å². The zero-order valence-electron chi connectivity index (χ0n) is 18.9. The van der Waals surface area contributed by atoms with E-state index in [0.717, 1.165) is 0 Å². The normalized spacial score (nSPS) is 11.2. The SMILES string of the molecule is CCn1c(C)c(C(=O)Nc2ccc(F)c(C)c2)c(C)c1C(=O)C(=O)NC(C)(C)C(C)=O. The molecule has 0 unspecified atom stereocenters. The summed E-state index contributed by atoms with van der Waals surface area (Å²) in [5.74, 6) is -2.88. The Balaban J connectivity index is 2.43. The van der Waals surface area contributed by atoms with Gasteiger partial charge in [0.25, 0.3) is 17.6 Å². The summed E-state index contributed by atoms with van der Waals surface area (Å²) in [5.41, 5.74) is 0.858. The molecule has 31 heavy (non-hydrogen) atoms. The summed E-state index contributed by atoms with van der Waals surface area (Å²) in [7, 11) is 0. The van der Waals surface area contributed by atoms with Gasteiger partial charge in [0.1, 0.15) is 5.82 Å². The fraction of sp³-hybridized carbons (Fsp3) is 0.391. The maximum Gasteiger partial charge on any atom is 0.294 e. The van der Waals surface area contributed by atoms with Crippen LogP contribution in [0.15, 0.2) is 18.2 Å². The van der Waals surface area contributed by atoms with Crippen molar-refractivity contribution < 1.29 is 23.6 Å². The van der Waals surface area contributed by atoms with Gasteiger partial charge in [-0.1, -0.05) is 0 Å². The number of nitrogens with one attached hydrogen (secondary N) is 2. The highest BCUT2D eigenvalue weighted by Gasteiger charge is 2.33. The minimum absolute atomic E-state index is 0.0947. The van der Waals surface area contributed by atoms with Crippen LogP contribution in [0.3, 0.4) is 0 Å². The Hall–Kier alpha value is -3.29. The molecule has 0 aliphatic heterocycles. The predicted octanol–water partition coefficient (Wildman–Crippen LogP) is 3.49. The third kappa shape index (κ3) is 4.73. The maximum atomic E-state index is 13.5. The van der Waals surface area contributed by atoms with Gasteiger partial charge in [-0.15, -0.1) is 0 Å². The molecule has 0 saturated carbocycles. The van der Waals surface area contributed by atoms with Crippen molar-refractivity contribution in [3.63, 3.8) is 0 Å². The highest BCUT2D eigenvalue weighted by atomic mass is 19.1. The number of amides is 2. The second kappa shape index (κ2) is 8.83. The van der Waals surface area contributed by atoms with E-state index in [0.29, 0.717) is 29.1 Å². The number of carbonyl (C=O) groups is 4. The van der Waals surface area contributed by atoms with Gasteiger partial charge in [0.2, 0.25) is 0 Å². The van der Waals surface area contributed by atoms with Crippen LogP contribution in [0.4, 0.5) is 10.1 Å². The molecule has 0 saturated heterocycles. The predicted molar refractivity (Wildman–Crippen MR) is 116 cm³/mol. The first-order chi connectivity index (χ1) is 14.3. The summed E-state index contributed by atoms with van der Waals surface area (Å²) < 4.78 is 15.1. The maximum absolute atomic E-state index is 13.5. The van der Waals surface area contributed by atoms with E-state index in [-0.39, 0.29) is 22.9 Å². The molecule has 2 amide bonds. The molecular weight excluding hydrogens is 401 g/mol. The average molecular weight is 429 g/mol. The number of hydrogen-bond donors (Lipinski definition) is 2. The molecule has 7 nitrogen and oxygen atoms in total. The van der Waals surface area contributed by atoms with Gasteiger partial charge >= 0.3 is 0 Å². The molecule has 1 aromatic heterocycles. The fourth-order valence-corrected chi connectivity index (χ4v) is 3.37. The monoisotopic (exact) mass is 429 g/mol. The molecule has 0 fully saturated rings. The summed E-state index contributed by atoms with van der Waals surface area (Å²) in [4.78, 5) is 50.2. The molecule has 2 rings (SSSR count). The summed E-state index contributed by atoms with van der Waals surface area (Å²) in [6.45, 7) is 11.4. The lowest BCUT2D eigenvalue weighted by Gasteiger charge is -2.22. The van der Waals surface area contributed by atoms with E-state index >= 15 is 0 Å². The number of anilines is 1. The number of aryl methyl sites for hydroxylation is 1. The van der Waals surface area contributed by atoms with Crippen LogP contribution in [-0.2, 0) is 16.1 Å².